The van der Waals surface area contributed by atoms with E-state index in [2.05, 4.69) is 25.9 Å². The maximum atomic E-state index is 13.1. The number of aromatic amines is 1. The van der Waals surface area contributed by atoms with Gasteiger partial charge in [-0.3, -0.25) is 19.2 Å². The Labute approximate surface area is 194 Å². The summed E-state index contributed by atoms with van der Waals surface area (Å²) < 4.78 is 0. The smallest absolute Gasteiger partial charge is 0.243 e. The van der Waals surface area contributed by atoms with Crippen LogP contribution in [-0.4, -0.2) is 94.7 Å². The fourth-order valence-electron chi connectivity index (χ4n) is 4.27. The predicted octanol–water partition coefficient (Wildman–Crippen LogP) is -0.834. The van der Waals surface area contributed by atoms with Gasteiger partial charge in [0.1, 0.15) is 12.1 Å². The van der Waals surface area contributed by atoms with Gasteiger partial charge in [0.05, 0.1) is 19.4 Å². The van der Waals surface area contributed by atoms with E-state index in [1.807, 2.05) is 6.92 Å². The molecule has 2 aliphatic rings. The molecule has 0 aliphatic carbocycles. The monoisotopic (exact) mass is 461 g/mol. The quantitative estimate of drug-likeness (QED) is 0.317. The molecule has 1 aromatic rings. The summed E-state index contributed by atoms with van der Waals surface area (Å²) in [5, 5.41) is 8.55. The molecule has 0 bridgehead atoms. The van der Waals surface area contributed by atoms with E-state index in [1.54, 1.807) is 16.0 Å². The first-order chi connectivity index (χ1) is 16.0. The fourth-order valence-corrected chi connectivity index (χ4v) is 4.27. The fraction of sp³-hybridized carbons (Fsp3) is 0.682. The van der Waals surface area contributed by atoms with E-state index in [1.165, 1.54) is 6.33 Å². The van der Waals surface area contributed by atoms with Crippen LogP contribution in [0.15, 0.2) is 12.5 Å². The Bertz CT molecular complexity index is 808. The molecule has 0 saturated carbocycles. The summed E-state index contributed by atoms with van der Waals surface area (Å²) in [6.07, 6.45) is 7.45. The highest BCUT2D eigenvalue weighted by Crippen LogP contribution is 2.18. The number of nitrogens with one attached hydrogen (secondary N) is 4. The third-order valence-corrected chi connectivity index (χ3v) is 6.06. The molecule has 0 aromatic carbocycles. The first-order valence-electron chi connectivity index (χ1n) is 11.8. The summed E-state index contributed by atoms with van der Waals surface area (Å²) in [7, 11) is 0. The third-order valence-electron chi connectivity index (χ3n) is 6.06. The van der Waals surface area contributed by atoms with Crippen LogP contribution in [0.2, 0.25) is 0 Å². The molecule has 4 N–H and O–H groups in total. The molecule has 2 saturated heterocycles. The topological polar surface area (TPSA) is 140 Å². The first kappa shape index (κ1) is 24.7. The van der Waals surface area contributed by atoms with Crippen LogP contribution in [-0.2, 0) is 25.6 Å². The first-order valence-corrected chi connectivity index (χ1v) is 11.8. The summed E-state index contributed by atoms with van der Waals surface area (Å²) >= 11 is 0. The van der Waals surface area contributed by atoms with Crippen molar-refractivity contribution in [3.63, 3.8) is 0 Å². The lowest BCUT2D eigenvalue weighted by Gasteiger charge is -2.26. The Morgan fingerprint density at radius 2 is 1.91 bits per heavy atom. The van der Waals surface area contributed by atoms with E-state index in [9.17, 15) is 19.2 Å². The molecule has 11 heteroatoms. The van der Waals surface area contributed by atoms with E-state index >= 15 is 0 Å². The van der Waals surface area contributed by atoms with Crippen LogP contribution in [0, 0.1) is 0 Å². The van der Waals surface area contributed by atoms with Gasteiger partial charge in [-0.1, -0.05) is 6.92 Å². The zero-order valence-electron chi connectivity index (χ0n) is 19.3. The van der Waals surface area contributed by atoms with Crippen LogP contribution in [0.4, 0.5) is 0 Å². The molecule has 4 amide bonds. The summed E-state index contributed by atoms with van der Waals surface area (Å²) in [6, 6.07) is -1.50. The highest BCUT2D eigenvalue weighted by molar-refractivity contribution is 5.94. The van der Waals surface area contributed by atoms with E-state index < -0.39 is 18.0 Å². The third kappa shape index (κ3) is 7.01. The van der Waals surface area contributed by atoms with Gasteiger partial charge in [0.2, 0.25) is 23.6 Å². The molecular weight excluding hydrogens is 426 g/mol. The van der Waals surface area contributed by atoms with Gasteiger partial charge < -0.3 is 30.7 Å². The number of carbonyl (C=O) groups is 4. The summed E-state index contributed by atoms with van der Waals surface area (Å²) in [6.45, 7) is 4.78. The van der Waals surface area contributed by atoms with Gasteiger partial charge in [0.25, 0.3) is 0 Å². The molecule has 0 spiro atoms. The van der Waals surface area contributed by atoms with E-state index in [4.69, 9.17) is 0 Å². The lowest BCUT2D eigenvalue weighted by molar-refractivity contribution is -0.139. The normalized spacial score (nSPS) is 18.9. The summed E-state index contributed by atoms with van der Waals surface area (Å²) in [4.78, 5) is 61.1. The van der Waals surface area contributed by atoms with E-state index in [-0.39, 0.29) is 37.2 Å². The molecule has 3 rings (SSSR count). The van der Waals surface area contributed by atoms with Crippen molar-refractivity contribution in [2.75, 3.05) is 39.3 Å². The van der Waals surface area contributed by atoms with E-state index in [0.29, 0.717) is 31.7 Å². The van der Waals surface area contributed by atoms with Crippen molar-refractivity contribution in [2.45, 2.75) is 57.5 Å². The number of imidazole rings is 1. The Kier molecular flexibility index (Phi) is 9.23. The maximum Gasteiger partial charge on any atom is 0.243 e. The molecule has 2 unspecified atom stereocenters. The number of likely N-dealkylation sites (tertiary alicyclic amines) is 2. The standard InChI is InChI=1S/C22H35N7O4/c1-2-7-23-13-20(31)29-10-5-6-18(29)22(33)27-17(11-16-12-24-15-26-16)21(32)25-14-19(30)28-8-3-4-9-28/h12,15,17-18,23H,2-11,13-14H2,1H3,(H,24,26)(H,25,32)(H,27,33). The molecular formula is C22H35N7O4. The molecule has 2 fully saturated rings. The van der Waals surface area contributed by atoms with Gasteiger partial charge in [-0.05, 0) is 38.6 Å². The molecule has 1 aromatic heterocycles. The van der Waals surface area contributed by atoms with Gasteiger partial charge in [-0.25, -0.2) is 4.98 Å². The second-order valence-corrected chi connectivity index (χ2v) is 8.57. The van der Waals surface area contributed by atoms with Crippen molar-refractivity contribution in [1.82, 2.24) is 35.7 Å². The van der Waals surface area contributed by atoms with Crippen molar-refractivity contribution in [3.05, 3.63) is 18.2 Å². The molecule has 182 valence electrons. The van der Waals surface area contributed by atoms with Crippen LogP contribution >= 0.6 is 0 Å². The number of hydrogen-bond donors (Lipinski definition) is 4. The van der Waals surface area contributed by atoms with Gasteiger partial charge in [-0.2, -0.15) is 0 Å². The molecule has 33 heavy (non-hydrogen) atoms. The Balaban J connectivity index is 1.60. The van der Waals surface area contributed by atoms with Crippen molar-refractivity contribution in [2.24, 2.45) is 0 Å². The minimum absolute atomic E-state index is 0.106. The lowest BCUT2D eigenvalue weighted by atomic mass is 10.1. The van der Waals surface area contributed by atoms with Crippen LogP contribution in [0.3, 0.4) is 0 Å². The van der Waals surface area contributed by atoms with Crippen LogP contribution in [0.1, 0.15) is 44.7 Å². The number of amides is 4. The number of nitrogens with zero attached hydrogens (tertiary/aromatic N) is 3. The maximum absolute atomic E-state index is 13.1. The predicted molar refractivity (Wildman–Crippen MR) is 121 cm³/mol. The average Bonchev–Trinajstić information content (AvgIpc) is 3.58. The van der Waals surface area contributed by atoms with Crippen molar-refractivity contribution in [3.8, 4) is 0 Å². The number of aromatic nitrogens is 2. The van der Waals surface area contributed by atoms with Crippen LogP contribution in [0.25, 0.3) is 0 Å². The average molecular weight is 462 g/mol. The molecule has 3 heterocycles. The number of H-pyrrole nitrogens is 1. The van der Waals surface area contributed by atoms with Gasteiger partial charge in [-0.15, -0.1) is 0 Å². The molecule has 2 aliphatic heterocycles. The SMILES string of the molecule is CCCNCC(=O)N1CCCC1C(=O)NC(Cc1cnc[nH]1)C(=O)NCC(=O)N1CCCC1. The minimum atomic E-state index is -0.889. The zero-order chi connectivity index (χ0) is 23.6. The Morgan fingerprint density at radius 1 is 1.12 bits per heavy atom. The Hall–Kier alpha value is -2.95. The highest BCUT2D eigenvalue weighted by atomic mass is 16.2. The van der Waals surface area contributed by atoms with Crippen molar-refractivity contribution < 1.29 is 19.2 Å². The summed E-state index contributed by atoms with van der Waals surface area (Å²) in [5.74, 6) is -1.04. The van der Waals surface area contributed by atoms with Crippen LogP contribution in [0.5, 0.6) is 0 Å². The number of hydrogen-bond acceptors (Lipinski definition) is 6. The van der Waals surface area contributed by atoms with Gasteiger partial charge in [0, 0.05) is 37.9 Å². The second kappa shape index (κ2) is 12.3. The Morgan fingerprint density at radius 3 is 2.61 bits per heavy atom. The van der Waals surface area contributed by atoms with Crippen LogP contribution < -0.4 is 16.0 Å². The molecule has 11 nitrogen and oxygen atoms in total. The minimum Gasteiger partial charge on any atom is -0.348 e. The van der Waals surface area contributed by atoms with E-state index in [0.717, 1.165) is 32.2 Å². The van der Waals surface area contributed by atoms with Gasteiger partial charge in [0.15, 0.2) is 0 Å². The molecule has 0 radical (unpaired) electrons. The highest BCUT2D eigenvalue weighted by Gasteiger charge is 2.35. The van der Waals surface area contributed by atoms with Crippen molar-refractivity contribution >= 4 is 23.6 Å². The number of carbonyl (C=O) groups excluding carboxylic acids is 4. The largest absolute Gasteiger partial charge is 0.348 e. The zero-order valence-corrected chi connectivity index (χ0v) is 19.3. The summed E-state index contributed by atoms with van der Waals surface area (Å²) in [5.41, 5.74) is 0.685. The van der Waals surface area contributed by atoms with Gasteiger partial charge >= 0.3 is 0 Å². The number of rotatable bonds is 11. The lowest BCUT2D eigenvalue weighted by Crippen LogP contribution is -2.55. The van der Waals surface area contributed by atoms with Crippen molar-refractivity contribution in [1.29, 1.82) is 0 Å². The second-order valence-electron chi connectivity index (χ2n) is 8.57. The molecule has 2 atom stereocenters.